The fourth-order valence-corrected chi connectivity index (χ4v) is 2.03. The smallest absolute Gasteiger partial charge is 0.309 e. The van der Waals surface area contributed by atoms with Gasteiger partial charge in [0.2, 0.25) is 0 Å². The molecule has 2 rings (SSSR count). The molecule has 112 valence electrons. The Kier molecular flexibility index (Phi) is 4.23. The predicted octanol–water partition coefficient (Wildman–Crippen LogP) is 0.320. The molecule has 7 heteroatoms. The van der Waals surface area contributed by atoms with Crippen LogP contribution in [0.3, 0.4) is 0 Å². The molecule has 0 saturated carbocycles. The van der Waals surface area contributed by atoms with E-state index in [-0.39, 0.29) is 25.9 Å². The van der Waals surface area contributed by atoms with E-state index in [0.717, 1.165) is 0 Å². The highest BCUT2D eigenvalue weighted by molar-refractivity contribution is 5.99. The molecule has 7 nitrogen and oxygen atoms in total. The third kappa shape index (κ3) is 3.79. The molecule has 1 saturated heterocycles. The first-order valence-corrected chi connectivity index (χ1v) is 6.39. The lowest BCUT2D eigenvalue weighted by molar-refractivity contribution is -0.165. The van der Waals surface area contributed by atoms with E-state index >= 15 is 0 Å². The molecule has 1 heterocycles. The van der Waals surface area contributed by atoms with Crippen molar-refractivity contribution in [2.45, 2.75) is 24.9 Å². The number of nitrogens with one attached hydrogen (secondary N) is 1. The molecule has 1 unspecified atom stereocenters. The standard InChI is InChI=1S/C14H15NO6/c16-11(17)7-9-1-3-10(4-2-9)15-13(19)14(20)5-6-21-12(18)8-14/h1-4,20H,5-8H2,(H,15,19)(H,16,17). The molecular weight excluding hydrogens is 278 g/mol. The van der Waals surface area contributed by atoms with Gasteiger partial charge >= 0.3 is 11.9 Å². The summed E-state index contributed by atoms with van der Waals surface area (Å²) in [6, 6.07) is 6.23. The summed E-state index contributed by atoms with van der Waals surface area (Å²) >= 11 is 0. The topological polar surface area (TPSA) is 113 Å². The number of amides is 1. The number of ether oxygens (including phenoxy) is 1. The van der Waals surface area contributed by atoms with Crippen molar-refractivity contribution in [1.29, 1.82) is 0 Å². The van der Waals surface area contributed by atoms with E-state index in [0.29, 0.717) is 11.3 Å². The van der Waals surface area contributed by atoms with Gasteiger partial charge in [0.15, 0.2) is 5.60 Å². The lowest BCUT2D eigenvalue weighted by Crippen LogP contribution is -2.48. The Balaban J connectivity index is 2.02. The average molecular weight is 293 g/mol. The summed E-state index contributed by atoms with van der Waals surface area (Å²) in [5.74, 6) is -2.23. The third-order valence-electron chi connectivity index (χ3n) is 3.21. The van der Waals surface area contributed by atoms with Crippen LogP contribution in [-0.4, -0.2) is 40.3 Å². The minimum atomic E-state index is -1.77. The number of rotatable bonds is 4. The summed E-state index contributed by atoms with van der Waals surface area (Å²) in [7, 11) is 0. The van der Waals surface area contributed by atoms with Crippen molar-refractivity contribution in [3.05, 3.63) is 29.8 Å². The van der Waals surface area contributed by atoms with Crippen molar-refractivity contribution >= 4 is 23.5 Å². The number of carboxylic acid groups (broad SMARTS) is 1. The van der Waals surface area contributed by atoms with Crippen molar-refractivity contribution in [3.8, 4) is 0 Å². The maximum absolute atomic E-state index is 12.0. The number of cyclic esters (lactones) is 1. The van der Waals surface area contributed by atoms with Crippen LogP contribution >= 0.6 is 0 Å². The summed E-state index contributed by atoms with van der Waals surface area (Å²) in [4.78, 5) is 33.8. The van der Waals surface area contributed by atoms with Gasteiger partial charge in [0.1, 0.15) is 0 Å². The van der Waals surface area contributed by atoms with Gasteiger partial charge in [-0.3, -0.25) is 14.4 Å². The molecule has 0 bridgehead atoms. The van der Waals surface area contributed by atoms with Crippen LogP contribution in [0.2, 0.25) is 0 Å². The number of hydrogen-bond donors (Lipinski definition) is 3. The lowest BCUT2D eigenvalue weighted by atomic mass is 9.93. The fourth-order valence-electron chi connectivity index (χ4n) is 2.03. The first kappa shape index (κ1) is 15.0. The highest BCUT2D eigenvalue weighted by atomic mass is 16.5. The van der Waals surface area contributed by atoms with Crippen LogP contribution < -0.4 is 5.32 Å². The highest BCUT2D eigenvalue weighted by Crippen LogP contribution is 2.23. The zero-order valence-corrected chi connectivity index (χ0v) is 11.2. The van der Waals surface area contributed by atoms with Gasteiger partial charge in [-0.1, -0.05) is 12.1 Å². The Morgan fingerprint density at radius 1 is 1.29 bits per heavy atom. The minimum absolute atomic E-state index is 0.000300. The van der Waals surface area contributed by atoms with Crippen LogP contribution in [0.15, 0.2) is 24.3 Å². The average Bonchev–Trinajstić information content (AvgIpc) is 2.40. The number of carbonyl (C=O) groups is 3. The molecule has 0 aliphatic carbocycles. The second-order valence-electron chi connectivity index (χ2n) is 4.90. The first-order chi connectivity index (χ1) is 9.89. The molecule has 1 fully saturated rings. The van der Waals surface area contributed by atoms with Crippen LogP contribution in [0.25, 0.3) is 0 Å². The maximum Gasteiger partial charge on any atom is 0.309 e. The van der Waals surface area contributed by atoms with Crippen molar-refractivity contribution in [2.75, 3.05) is 11.9 Å². The Bertz CT molecular complexity index is 567. The van der Waals surface area contributed by atoms with Gasteiger partial charge in [0, 0.05) is 12.1 Å². The number of carbonyl (C=O) groups excluding carboxylic acids is 2. The molecule has 0 radical (unpaired) electrons. The quantitative estimate of drug-likeness (QED) is 0.689. The normalized spacial score (nSPS) is 21.5. The van der Waals surface area contributed by atoms with Crippen LogP contribution in [0.1, 0.15) is 18.4 Å². The number of aliphatic hydroxyl groups is 1. The van der Waals surface area contributed by atoms with Crippen LogP contribution in [-0.2, 0) is 25.5 Å². The molecule has 0 aromatic heterocycles. The molecule has 1 aromatic rings. The van der Waals surface area contributed by atoms with E-state index in [1.54, 1.807) is 24.3 Å². The van der Waals surface area contributed by atoms with Gasteiger partial charge in [0.05, 0.1) is 19.4 Å². The summed E-state index contributed by atoms with van der Waals surface area (Å²) in [6.45, 7) is 0.000300. The number of carboxylic acids is 1. The van der Waals surface area contributed by atoms with Crippen molar-refractivity contribution in [2.24, 2.45) is 0 Å². The van der Waals surface area contributed by atoms with E-state index in [1.165, 1.54) is 0 Å². The molecule has 3 N–H and O–H groups in total. The number of hydrogen-bond acceptors (Lipinski definition) is 5. The summed E-state index contributed by atoms with van der Waals surface area (Å²) in [5.41, 5.74) is -0.753. The van der Waals surface area contributed by atoms with Gasteiger partial charge in [0.25, 0.3) is 5.91 Å². The molecular formula is C14H15NO6. The fraction of sp³-hybridized carbons (Fsp3) is 0.357. The van der Waals surface area contributed by atoms with E-state index in [2.05, 4.69) is 5.32 Å². The van der Waals surface area contributed by atoms with Crippen molar-refractivity contribution in [3.63, 3.8) is 0 Å². The molecule has 1 aliphatic rings. The number of benzene rings is 1. The third-order valence-corrected chi connectivity index (χ3v) is 3.21. The van der Waals surface area contributed by atoms with E-state index < -0.39 is 23.4 Å². The van der Waals surface area contributed by atoms with Crippen LogP contribution in [0, 0.1) is 0 Å². The molecule has 1 aromatic carbocycles. The zero-order valence-electron chi connectivity index (χ0n) is 11.2. The number of aliphatic carboxylic acids is 1. The molecule has 21 heavy (non-hydrogen) atoms. The van der Waals surface area contributed by atoms with Crippen molar-refractivity contribution in [1.82, 2.24) is 0 Å². The van der Waals surface area contributed by atoms with Crippen LogP contribution in [0.5, 0.6) is 0 Å². The Hall–Kier alpha value is -2.41. The van der Waals surface area contributed by atoms with Crippen molar-refractivity contribution < 1.29 is 29.3 Å². The molecule has 0 spiro atoms. The monoisotopic (exact) mass is 293 g/mol. The zero-order chi connectivity index (χ0) is 15.5. The Labute approximate surface area is 120 Å². The second-order valence-corrected chi connectivity index (χ2v) is 4.90. The summed E-state index contributed by atoms with van der Waals surface area (Å²) < 4.78 is 4.69. The number of anilines is 1. The minimum Gasteiger partial charge on any atom is -0.481 e. The van der Waals surface area contributed by atoms with E-state index in [1.807, 2.05) is 0 Å². The molecule has 1 atom stereocenters. The van der Waals surface area contributed by atoms with Gasteiger partial charge in [-0.05, 0) is 17.7 Å². The van der Waals surface area contributed by atoms with E-state index in [4.69, 9.17) is 9.84 Å². The van der Waals surface area contributed by atoms with Crippen LogP contribution in [0.4, 0.5) is 5.69 Å². The molecule has 1 aliphatic heterocycles. The maximum atomic E-state index is 12.0. The molecule has 1 amide bonds. The Morgan fingerprint density at radius 2 is 1.95 bits per heavy atom. The summed E-state index contributed by atoms with van der Waals surface area (Å²) in [6.07, 6.45) is -0.443. The first-order valence-electron chi connectivity index (χ1n) is 6.39. The lowest BCUT2D eigenvalue weighted by Gasteiger charge is -2.29. The SMILES string of the molecule is O=C(O)Cc1ccc(NC(=O)C2(O)CCOC(=O)C2)cc1. The number of esters is 1. The predicted molar refractivity (Wildman–Crippen MR) is 71.6 cm³/mol. The highest BCUT2D eigenvalue weighted by Gasteiger charge is 2.41. The van der Waals surface area contributed by atoms with Gasteiger partial charge < -0.3 is 20.3 Å². The largest absolute Gasteiger partial charge is 0.481 e. The van der Waals surface area contributed by atoms with E-state index in [9.17, 15) is 19.5 Å². The Morgan fingerprint density at radius 3 is 2.52 bits per heavy atom. The van der Waals surface area contributed by atoms with Gasteiger partial charge in [-0.2, -0.15) is 0 Å². The van der Waals surface area contributed by atoms with Gasteiger partial charge in [-0.15, -0.1) is 0 Å². The summed E-state index contributed by atoms with van der Waals surface area (Å²) in [5, 5.41) is 21.3. The van der Waals surface area contributed by atoms with Gasteiger partial charge in [-0.25, -0.2) is 0 Å². The second kappa shape index (κ2) is 5.92.